The van der Waals surface area contributed by atoms with Crippen molar-refractivity contribution in [2.24, 2.45) is 0 Å². The molecule has 0 radical (unpaired) electrons. The van der Waals surface area contributed by atoms with E-state index in [-0.39, 0.29) is 12.5 Å². The van der Waals surface area contributed by atoms with Gasteiger partial charge in [0, 0.05) is 0 Å². The van der Waals surface area contributed by atoms with E-state index < -0.39 is 0 Å². The lowest BCUT2D eigenvalue weighted by molar-refractivity contribution is -0.883. The van der Waals surface area contributed by atoms with Gasteiger partial charge < -0.3 is 14.5 Å². The highest BCUT2D eigenvalue weighted by molar-refractivity contribution is 9.10. The first-order valence-electron chi connectivity index (χ1n) is 7.48. The summed E-state index contributed by atoms with van der Waals surface area (Å²) in [5, 5.41) is 0. The zero-order chi connectivity index (χ0) is 15.4. The van der Waals surface area contributed by atoms with Crippen molar-refractivity contribution >= 4 is 21.8 Å². The van der Waals surface area contributed by atoms with E-state index in [1.54, 1.807) is 0 Å². The van der Waals surface area contributed by atoms with Gasteiger partial charge in [0.05, 0.1) is 37.7 Å². The number of likely N-dealkylation sites (N-methyl/N-ethyl adjacent to an activating group) is 1. The molecule has 0 unspecified atom stereocenters. The Bertz CT molecular complexity index is 497. The second kappa shape index (κ2) is 7.27. The molecule has 1 aliphatic heterocycles. The number of hydrogen-bond donors (Lipinski definition) is 1. The Morgan fingerprint density at radius 3 is 2.62 bits per heavy atom. The predicted octanol–water partition coefficient (Wildman–Crippen LogP) is 1.31. The van der Waals surface area contributed by atoms with Crippen LogP contribution in [-0.2, 0) is 4.79 Å². The van der Waals surface area contributed by atoms with Gasteiger partial charge in [0.15, 0.2) is 6.61 Å². The summed E-state index contributed by atoms with van der Waals surface area (Å²) in [5.41, 5.74) is 1.25. The van der Waals surface area contributed by atoms with Gasteiger partial charge in [-0.15, -0.1) is 0 Å². The number of piperazine rings is 1. The zero-order valence-corrected chi connectivity index (χ0v) is 14.6. The maximum absolute atomic E-state index is 12.1. The van der Waals surface area contributed by atoms with Gasteiger partial charge in [-0.05, 0) is 39.5 Å². The number of hydrogen-bond acceptors (Lipinski definition) is 2. The van der Waals surface area contributed by atoms with Crippen LogP contribution in [0.15, 0.2) is 22.7 Å². The highest BCUT2D eigenvalue weighted by atomic mass is 79.9. The number of carbonyl (C=O) groups is 1. The molecule has 1 saturated heterocycles. The van der Waals surface area contributed by atoms with Crippen molar-refractivity contribution in [3.05, 3.63) is 28.2 Å². The van der Waals surface area contributed by atoms with Crippen LogP contribution in [-0.4, -0.2) is 50.6 Å². The summed E-state index contributed by atoms with van der Waals surface area (Å²) in [7, 11) is 2.16. The molecule has 4 nitrogen and oxygen atoms in total. The topological polar surface area (TPSA) is 34.0 Å². The van der Waals surface area contributed by atoms with Crippen molar-refractivity contribution < 1.29 is 14.4 Å². The summed E-state index contributed by atoms with van der Waals surface area (Å²) in [6, 6.07) is 6.04. The average molecular weight is 356 g/mol. The normalized spacial score (nSPS) is 16.3. The van der Waals surface area contributed by atoms with Crippen molar-refractivity contribution in [3.8, 4) is 5.75 Å². The maximum atomic E-state index is 12.1. The minimum Gasteiger partial charge on any atom is -0.483 e. The molecule has 1 aromatic rings. The van der Waals surface area contributed by atoms with Gasteiger partial charge in [-0.1, -0.05) is 19.9 Å². The van der Waals surface area contributed by atoms with E-state index in [0.717, 1.165) is 36.4 Å². The Balaban J connectivity index is 1.89. The highest BCUT2D eigenvalue weighted by Gasteiger charge is 2.21. The van der Waals surface area contributed by atoms with Crippen molar-refractivity contribution in [3.63, 3.8) is 0 Å². The largest absolute Gasteiger partial charge is 0.483 e. The monoisotopic (exact) mass is 355 g/mol. The average Bonchev–Trinajstić information content (AvgIpc) is 2.46. The second-order valence-corrected chi connectivity index (χ2v) is 6.83. The van der Waals surface area contributed by atoms with E-state index in [1.165, 1.54) is 10.5 Å². The molecule has 0 atom stereocenters. The number of quaternary nitrogens is 1. The van der Waals surface area contributed by atoms with Crippen LogP contribution in [0.25, 0.3) is 0 Å². The molecule has 1 aliphatic rings. The van der Waals surface area contributed by atoms with Crippen molar-refractivity contribution in [1.29, 1.82) is 0 Å². The third-order valence-corrected chi connectivity index (χ3v) is 4.56. The number of rotatable bonds is 4. The van der Waals surface area contributed by atoms with Gasteiger partial charge in [0.2, 0.25) is 0 Å². The molecule has 1 heterocycles. The summed E-state index contributed by atoms with van der Waals surface area (Å²) in [4.78, 5) is 15.5. The summed E-state index contributed by atoms with van der Waals surface area (Å²) in [5.74, 6) is 1.28. The SMILES string of the molecule is CC(C)c1ccc(OCC(=O)N2CC[NH+](C)CC2)c(Br)c1. The third kappa shape index (κ3) is 4.45. The molecular weight excluding hydrogens is 332 g/mol. The highest BCUT2D eigenvalue weighted by Crippen LogP contribution is 2.28. The fourth-order valence-electron chi connectivity index (χ4n) is 2.36. The number of nitrogens with one attached hydrogen (secondary N) is 1. The molecule has 0 aliphatic carbocycles. The quantitative estimate of drug-likeness (QED) is 0.883. The van der Waals surface area contributed by atoms with Crippen LogP contribution in [0.2, 0.25) is 0 Å². The van der Waals surface area contributed by atoms with Crippen LogP contribution in [0.1, 0.15) is 25.3 Å². The van der Waals surface area contributed by atoms with E-state index in [4.69, 9.17) is 4.74 Å². The van der Waals surface area contributed by atoms with Crippen LogP contribution in [0.5, 0.6) is 5.75 Å². The summed E-state index contributed by atoms with van der Waals surface area (Å²) < 4.78 is 6.58. The van der Waals surface area contributed by atoms with Crippen LogP contribution < -0.4 is 9.64 Å². The lowest BCUT2D eigenvalue weighted by atomic mass is 10.0. The number of ether oxygens (including phenoxy) is 1. The van der Waals surface area contributed by atoms with E-state index in [1.807, 2.05) is 11.0 Å². The number of halogens is 1. The first kappa shape index (κ1) is 16.3. The van der Waals surface area contributed by atoms with Gasteiger partial charge in [-0.2, -0.15) is 0 Å². The minimum atomic E-state index is 0.0716. The zero-order valence-electron chi connectivity index (χ0n) is 13.0. The van der Waals surface area contributed by atoms with Crippen molar-refractivity contribution in [1.82, 2.24) is 4.90 Å². The van der Waals surface area contributed by atoms with Gasteiger partial charge in [0.1, 0.15) is 5.75 Å². The molecule has 1 aromatic carbocycles. The van der Waals surface area contributed by atoms with Gasteiger partial charge in [-0.3, -0.25) is 4.79 Å². The minimum absolute atomic E-state index is 0.0716. The molecule has 0 aromatic heterocycles. The first-order chi connectivity index (χ1) is 9.97. The molecule has 1 N–H and O–H groups in total. The summed E-state index contributed by atoms with van der Waals surface area (Å²) in [6.45, 7) is 8.08. The van der Waals surface area contributed by atoms with E-state index in [0.29, 0.717) is 5.92 Å². The molecule has 5 heteroatoms. The first-order valence-corrected chi connectivity index (χ1v) is 8.28. The Labute approximate surface area is 135 Å². The molecule has 1 amide bonds. The Hall–Kier alpha value is -1.07. The lowest BCUT2D eigenvalue weighted by Gasteiger charge is -2.30. The Kier molecular flexibility index (Phi) is 5.65. The van der Waals surface area contributed by atoms with Gasteiger partial charge in [0.25, 0.3) is 5.91 Å². The smallest absolute Gasteiger partial charge is 0.260 e. The summed E-state index contributed by atoms with van der Waals surface area (Å²) >= 11 is 3.52. The molecule has 0 spiro atoms. The van der Waals surface area contributed by atoms with Crippen molar-refractivity contribution in [2.45, 2.75) is 19.8 Å². The van der Waals surface area contributed by atoms with Crippen LogP contribution >= 0.6 is 15.9 Å². The van der Waals surface area contributed by atoms with Crippen LogP contribution in [0.3, 0.4) is 0 Å². The predicted molar refractivity (Wildman–Crippen MR) is 86.9 cm³/mol. The fraction of sp³-hybridized carbons (Fsp3) is 0.562. The van der Waals surface area contributed by atoms with Crippen molar-refractivity contribution in [2.75, 3.05) is 39.8 Å². The molecule has 21 heavy (non-hydrogen) atoms. The van der Waals surface area contributed by atoms with Gasteiger partial charge in [-0.25, -0.2) is 0 Å². The molecule has 0 bridgehead atoms. The molecule has 2 rings (SSSR count). The lowest BCUT2D eigenvalue weighted by Crippen LogP contribution is -3.12. The van der Waals surface area contributed by atoms with Gasteiger partial charge >= 0.3 is 0 Å². The maximum Gasteiger partial charge on any atom is 0.260 e. The standard InChI is InChI=1S/C16H23BrN2O2/c1-12(2)13-4-5-15(14(17)10-13)21-11-16(20)19-8-6-18(3)7-9-19/h4-5,10,12H,6-9,11H2,1-3H3/p+1. The Morgan fingerprint density at radius 1 is 1.38 bits per heavy atom. The molecular formula is C16H24BrN2O2+. The molecule has 116 valence electrons. The number of nitrogens with zero attached hydrogens (tertiary/aromatic N) is 1. The second-order valence-electron chi connectivity index (χ2n) is 5.97. The van der Waals surface area contributed by atoms with E-state index in [9.17, 15) is 4.79 Å². The summed E-state index contributed by atoms with van der Waals surface area (Å²) in [6.07, 6.45) is 0. The van der Waals surface area contributed by atoms with Crippen LogP contribution in [0, 0.1) is 0 Å². The fourth-order valence-corrected chi connectivity index (χ4v) is 2.87. The van der Waals surface area contributed by atoms with E-state index in [2.05, 4.69) is 49.0 Å². The number of amides is 1. The third-order valence-electron chi connectivity index (χ3n) is 3.94. The molecule has 0 saturated carbocycles. The van der Waals surface area contributed by atoms with E-state index >= 15 is 0 Å². The molecule has 1 fully saturated rings. The number of carbonyl (C=O) groups excluding carboxylic acids is 1. The Morgan fingerprint density at radius 2 is 2.05 bits per heavy atom. The number of benzene rings is 1. The van der Waals surface area contributed by atoms with Crippen LogP contribution in [0.4, 0.5) is 0 Å².